The first-order valence-electron chi connectivity index (χ1n) is 11.1. The molecule has 0 saturated carbocycles. The Morgan fingerprint density at radius 3 is 2.78 bits per heavy atom. The molecule has 7 heteroatoms. The van der Waals surface area contributed by atoms with E-state index in [1.54, 1.807) is 0 Å². The quantitative estimate of drug-likeness (QED) is 0.509. The number of H-pyrrole nitrogens is 1. The van der Waals surface area contributed by atoms with Gasteiger partial charge in [-0.1, -0.05) is 36.4 Å². The number of aromatic amines is 1. The summed E-state index contributed by atoms with van der Waals surface area (Å²) in [6.45, 7) is 4.75. The number of benzene rings is 2. The molecule has 1 saturated heterocycles. The average molecular weight is 428 g/mol. The molecule has 1 atom stereocenters. The number of nitrogens with zero attached hydrogens (tertiary/aromatic N) is 5. The number of fused-ring (bicyclic) bond motifs is 1. The zero-order valence-corrected chi connectivity index (χ0v) is 18.8. The van der Waals surface area contributed by atoms with Crippen LogP contribution in [0.5, 0.6) is 0 Å². The minimum atomic E-state index is 0.372. The van der Waals surface area contributed by atoms with Gasteiger partial charge >= 0.3 is 0 Å². The Labute approximate surface area is 188 Å². The van der Waals surface area contributed by atoms with E-state index >= 15 is 0 Å². The molecule has 3 heterocycles. The molecule has 2 aromatic heterocycles. The van der Waals surface area contributed by atoms with Gasteiger partial charge in [0, 0.05) is 50.7 Å². The van der Waals surface area contributed by atoms with Crippen molar-refractivity contribution in [2.45, 2.75) is 19.4 Å². The number of hydrogen-bond donors (Lipinski definition) is 2. The number of aromatic nitrogens is 4. The standard InChI is InChI=1S/C25H29N7/c1-17-21-14-19(9-10-22(21)30-29-17)23-15-27-24(31(2)3)25(28-23)32-12-11-26-20(16-32)13-18-7-5-4-6-8-18/h4-10,14-15,20,26H,11-13,16H2,1-3H3,(H,29,30)/t20-/m0/s1. The van der Waals surface area contributed by atoms with Crippen molar-refractivity contribution in [1.29, 1.82) is 0 Å². The van der Waals surface area contributed by atoms with E-state index in [0.717, 1.165) is 65.5 Å². The normalized spacial score (nSPS) is 16.5. The SMILES string of the molecule is Cc1n[nH]c2ccc(-c3cnc(N(C)C)c(N4CCN[C@@H](Cc5ccccc5)C4)n3)cc12. The lowest BCUT2D eigenvalue weighted by Crippen LogP contribution is -2.52. The van der Waals surface area contributed by atoms with Crippen molar-refractivity contribution < 1.29 is 0 Å². The van der Waals surface area contributed by atoms with Crippen molar-refractivity contribution >= 4 is 22.5 Å². The van der Waals surface area contributed by atoms with Crippen molar-refractivity contribution in [2.75, 3.05) is 43.5 Å². The van der Waals surface area contributed by atoms with E-state index in [2.05, 4.69) is 68.9 Å². The van der Waals surface area contributed by atoms with Crippen LogP contribution in [0.25, 0.3) is 22.2 Å². The van der Waals surface area contributed by atoms with Crippen molar-refractivity contribution in [2.24, 2.45) is 0 Å². The Bertz CT molecular complexity index is 1220. The molecule has 32 heavy (non-hydrogen) atoms. The third-order valence-corrected chi connectivity index (χ3v) is 6.09. The van der Waals surface area contributed by atoms with E-state index in [9.17, 15) is 0 Å². The van der Waals surface area contributed by atoms with Crippen LogP contribution in [0.3, 0.4) is 0 Å². The minimum absolute atomic E-state index is 0.372. The molecular weight excluding hydrogens is 398 g/mol. The van der Waals surface area contributed by atoms with Gasteiger partial charge in [-0.2, -0.15) is 5.10 Å². The second-order valence-electron chi connectivity index (χ2n) is 8.65. The molecule has 5 rings (SSSR count). The summed E-state index contributed by atoms with van der Waals surface area (Å²) in [4.78, 5) is 14.3. The summed E-state index contributed by atoms with van der Waals surface area (Å²) in [6.07, 6.45) is 2.87. The number of aryl methyl sites for hydroxylation is 1. The third kappa shape index (κ3) is 4.03. The second kappa shape index (κ2) is 8.59. The fourth-order valence-electron chi connectivity index (χ4n) is 4.40. The third-order valence-electron chi connectivity index (χ3n) is 6.09. The maximum atomic E-state index is 5.11. The summed E-state index contributed by atoms with van der Waals surface area (Å²) >= 11 is 0. The lowest BCUT2D eigenvalue weighted by molar-refractivity contribution is 0.452. The molecule has 4 aromatic rings. The Kier molecular flexibility index (Phi) is 5.49. The first-order chi connectivity index (χ1) is 15.6. The summed E-state index contributed by atoms with van der Waals surface area (Å²) in [7, 11) is 4.05. The highest BCUT2D eigenvalue weighted by molar-refractivity contribution is 5.86. The van der Waals surface area contributed by atoms with Gasteiger partial charge in [-0.15, -0.1) is 0 Å². The van der Waals surface area contributed by atoms with Gasteiger partial charge in [0.25, 0.3) is 0 Å². The van der Waals surface area contributed by atoms with E-state index in [1.807, 2.05) is 32.1 Å². The monoisotopic (exact) mass is 427 g/mol. The van der Waals surface area contributed by atoms with Crippen molar-refractivity contribution in [3.8, 4) is 11.3 Å². The van der Waals surface area contributed by atoms with Gasteiger partial charge in [0.2, 0.25) is 0 Å². The van der Waals surface area contributed by atoms with Crippen molar-refractivity contribution in [1.82, 2.24) is 25.5 Å². The number of piperazine rings is 1. The van der Waals surface area contributed by atoms with E-state index in [0.29, 0.717) is 6.04 Å². The molecule has 0 aliphatic carbocycles. The second-order valence-corrected chi connectivity index (χ2v) is 8.65. The zero-order valence-electron chi connectivity index (χ0n) is 18.8. The average Bonchev–Trinajstić information content (AvgIpc) is 3.19. The smallest absolute Gasteiger partial charge is 0.172 e. The van der Waals surface area contributed by atoms with Crippen LogP contribution < -0.4 is 15.1 Å². The van der Waals surface area contributed by atoms with E-state index in [-0.39, 0.29) is 0 Å². The van der Waals surface area contributed by atoms with Crippen LogP contribution in [0.15, 0.2) is 54.7 Å². The maximum absolute atomic E-state index is 5.11. The molecule has 0 unspecified atom stereocenters. The van der Waals surface area contributed by atoms with Crippen LogP contribution in [-0.4, -0.2) is 59.9 Å². The summed E-state index contributed by atoms with van der Waals surface area (Å²) < 4.78 is 0. The topological polar surface area (TPSA) is 73.0 Å². The molecular formula is C25H29N7. The van der Waals surface area contributed by atoms with E-state index in [4.69, 9.17) is 9.97 Å². The fraction of sp³-hybridized carbons (Fsp3) is 0.320. The summed E-state index contributed by atoms with van der Waals surface area (Å²) in [5, 5.41) is 12.2. The van der Waals surface area contributed by atoms with Gasteiger partial charge in [-0.25, -0.2) is 9.97 Å². The predicted molar refractivity (Wildman–Crippen MR) is 130 cm³/mol. The number of hydrogen-bond acceptors (Lipinski definition) is 6. The Balaban J connectivity index is 1.46. The molecule has 0 radical (unpaired) electrons. The predicted octanol–water partition coefficient (Wildman–Crippen LogP) is 3.42. The molecule has 2 N–H and O–H groups in total. The van der Waals surface area contributed by atoms with E-state index < -0.39 is 0 Å². The molecule has 1 aliphatic heterocycles. The summed E-state index contributed by atoms with van der Waals surface area (Å²) in [5.74, 6) is 1.84. The molecule has 164 valence electrons. The number of nitrogens with one attached hydrogen (secondary N) is 2. The molecule has 7 nitrogen and oxygen atoms in total. The van der Waals surface area contributed by atoms with Crippen LogP contribution in [0, 0.1) is 6.92 Å². The molecule has 1 fully saturated rings. The van der Waals surface area contributed by atoms with Gasteiger partial charge < -0.3 is 15.1 Å². The molecule has 0 spiro atoms. The highest BCUT2D eigenvalue weighted by Crippen LogP contribution is 2.30. The Morgan fingerprint density at radius 1 is 1.12 bits per heavy atom. The molecule has 1 aliphatic rings. The highest BCUT2D eigenvalue weighted by atomic mass is 15.3. The molecule has 2 aromatic carbocycles. The lowest BCUT2D eigenvalue weighted by Gasteiger charge is -2.36. The first kappa shape index (κ1) is 20.5. The van der Waals surface area contributed by atoms with Crippen molar-refractivity contribution in [3.05, 3.63) is 66.0 Å². The summed E-state index contributed by atoms with van der Waals surface area (Å²) in [6, 6.07) is 17.3. The van der Waals surface area contributed by atoms with Crippen LogP contribution in [0.2, 0.25) is 0 Å². The molecule has 0 amide bonds. The highest BCUT2D eigenvalue weighted by Gasteiger charge is 2.24. The largest absolute Gasteiger partial charge is 0.360 e. The fourth-order valence-corrected chi connectivity index (χ4v) is 4.40. The van der Waals surface area contributed by atoms with Crippen LogP contribution in [-0.2, 0) is 6.42 Å². The van der Waals surface area contributed by atoms with Gasteiger partial charge in [0.1, 0.15) is 0 Å². The Hall–Kier alpha value is -3.45. The van der Waals surface area contributed by atoms with E-state index in [1.165, 1.54) is 5.56 Å². The lowest BCUT2D eigenvalue weighted by atomic mass is 10.0. The van der Waals surface area contributed by atoms with Gasteiger partial charge in [0.05, 0.1) is 23.1 Å². The Morgan fingerprint density at radius 2 is 1.97 bits per heavy atom. The van der Waals surface area contributed by atoms with Gasteiger partial charge in [-0.3, -0.25) is 5.10 Å². The number of rotatable bonds is 5. The van der Waals surface area contributed by atoms with Crippen molar-refractivity contribution in [3.63, 3.8) is 0 Å². The van der Waals surface area contributed by atoms with Crippen LogP contribution in [0.4, 0.5) is 11.6 Å². The van der Waals surface area contributed by atoms with Gasteiger partial charge in [0.15, 0.2) is 11.6 Å². The minimum Gasteiger partial charge on any atom is -0.360 e. The molecule has 0 bridgehead atoms. The van der Waals surface area contributed by atoms with Crippen LogP contribution >= 0.6 is 0 Å². The number of anilines is 2. The summed E-state index contributed by atoms with van der Waals surface area (Å²) in [5.41, 5.74) is 5.31. The van der Waals surface area contributed by atoms with Crippen LogP contribution in [0.1, 0.15) is 11.3 Å². The van der Waals surface area contributed by atoms with Gasteiger partial charge in [-0.05, 0) is 31.0 Å². The maximum Gasteiger partial charge on any atom is 0.172 e. The first-order valence-corrected chi connectivity index (χ1v) is 11.1. The zero-order chi connectivity index (χ0) is 22.1.